The van der Waals surface area contributed by atoms with Crippen LogP contribution in [0.15, 0.2) is 0 Å². The summed E-state index contributed by atoms with van der Waals surface area (Å²) in [4.78, 5) is 11.5. The number of carboxylic acid groups (broad SMARTS) is 1. The minimum Gasteiger partial charge on any atom is -0.481 e. The van der Waals surface area contributed by atoms with Crippen molar-refractivity contribution < 1.29 is 9.90 Å². The van der Waals surface area contributed by atoms with Gasteiger partial charge in [0.1, 0.15) is 0 Å². The van der Waals surface area contributed by atoms with E-state index >= 15 is 0 Å². The average Bonchev–Trinajstić information content (AvgIpc) is 2.44. The quantitative estimate of drug-likeness (QED) is 0.383. The van der Waals surface area contributed by atoms with Gasteiger partial charge in [0.05, 0.1) is 5.92 Å². The third-order valence-electron chi connectivity index (χ3n) is 4.80. The summed E-state index contributed by atoms with van der Waals surface area (Å²) in [6.07, 6.45) is 12.6. The van der Waals surface area contributed by atoms with Crippen molar-refractivity contribution in [1.82, 2.24) is 0 Å². The van der Waals surface area contributed by atoms with Gasteiger partial charge in [0.25, 0.3) is 0 Å². The van der Waals surface area contributed by atoms with E-state index in [1.54, 1.807) is 0 Å². The maximum atomic E-state index is 11.5. The molecule has 2 heteroatoms. The van der Waals surface area contributed by atoms with E-state index in [0.717, 1.165) is 19.3 Å². The summed E-state index contributed by atoms with van der Waals surface area (Å²) in [7, 11) is 0. The van der Waals surface area contributed by atoms with Crippen LogP contribution in [0.25, 0.3) is 0 Å². The molecule has 0 saturated heterocycles. The fraction of sp³-hybridized carbons (Fsp3) is 0.947. The first-order chi connectivity index (χ1) is 10.1. The Kier molecular flexibility index (Phi) is 12.8. The van der Waals surface area contributed by atoms with Gasteiger partial charge in [-0.2, -0.15) is 0 Å². The van der Waals surface area contributed by atoms with Gasteiger partial charge in [0.2, 0.25) is 0 Å². The first-order valence-electron chi connectivity index (χ1n) is 9.29. The van der Waals surface area contributed by atoms with Crippen LogP contribution in [-0.2, 0) is 4.79 Å². The summed E-state index contributed by atoms with van der Waals surface area (Å²) >= 11 is 0. The van der Waals surface area contributed by atoms with E-state index in [1.807, 2.05) is 0 Å². The summed E-state index contributed by atoms with van der Waals surface area (Å²) < 4.78 is 0. The molecule has 0 spiro atoms. The van der Waals surface area contributed by atoms with Gasteiger partial charge in [-0.1, -0.05) is 85.5 Å². The van der Waals surface area contributed by atoms with Gasteiger partial charge in [0, 0.05) is 0 Å². The second kappa shape index (κ2) is 13.2. The fourth-order valence-electron chi connectivity index (χ4n) is 3.40. The second-order valence-corrected chi connectivity index (χ2v) is 6.79. The van der Waals surface area contributed by atoms with E-state index in [9.17, 15) is 9.90 Å². The van der Waals surface area contributed by atoms with Crippen LogP contribution in [0.5, 0.6) is 0 Å². The van der Waals surface area contributed by atoms with Crippen molar-refractivity contribution in [1.29, 1.82) is 0 Å². The Morgan fingerprint density at radius 2 is 1.48 bits per heavy atom. The Hall–Kier alpha value is -0.530. The van der Waals surface area contributed by atoms with Gasteiger partial charge in [-0.3, -0.25) is 4.79 Å². The SMILES string of the molecule is CCCCCCCC(CC(CCC)C(C)CCC)C(=O)O. The Balaban J connectivity index is 4.31. The largest absolute Gasteiger partial charge is 0.481 e. The van der Waals surface area contributed by atoms with Crippen molar-refractivity contribution in [3.05, 3.63) is 0 Å². The molecule has 0 fully saturated rings. The van der Waals surface area contributed by atoms with Crippen LogP contribution in [0.2, 0.25) is 0 Å². The lowest BCUT2D eigenvalue weighted by Crippen LogP contribution is -2.22. The van der Waals surface area contributed by atoms with E-state index < -0.39 is 5.97 Å². The number of carboxylic acids is 1. The molecule has 0 aromatic carbocycles. The predicted octanol–water partition coefficient (Wildman–Crippen LogP) is 6.29. The first-order valence-corrected chi connectivity index (χ1v) is 9.29. The Morgan fingerprint density at radius 3 is 2.00 bits per heavy atom. The molecule has 0 radical (unpaired) electrons. The third-order valence-corrected chi connectivity index (χ3v) is 4.80. The highest BCUT2D eigenvalue weighted by Gasteiger charge is 2.25. The summed E-state index contributed by atoms with van der Waals surface area (Å²) in [5, 5.41) is 9.50. The molecule has 3 unspecified atom stereocenters. The summed E-state index contributed by atoms with van der Waals surface area (Å²) in [5.41, 5.74) is 0. The molecule has 1 N–H and O–H groups in total. The van der Waals surface area contributed by atoms with Crippen LogP contribution in [0.1, 0.15) is 98.3 Å². The van der Waals surface area contributed by atoms with Gasteiger partial charge in [0.15, 0.2) is 0 Å². The van der Waals surface area contributed by atoms with E-state index in [1.165, 1.54) is 51.4 Å². The lowest BCUT2D eigenvalue weighted by Gasteiger charge is -2.26. The van der Waals surface area contributed by atoms with Crippen LogP contribution in [0.4, 0.5) is 0 Å². The van der Waals surface area contributed by atoms with Gasteiger partial charge < -0.3 is 5.11 Å². The molecule has 2 nitrogen and oxygen atoms in total. The highest BCUT2D eigenvalue weighted by molar-refractivity contribution is 5.69. The maximum absolute atomic E-state index is 11.5. The van der Waals surface area contributed by atoms with Gasteiger partial charge in [-0.15, -0.1) is 0 Å². The highest BCUT2D eigenvalue weighted by Crippen LogP contribution is 2.30. The number of unbranched alkanes of at least 4 members (excludes halogenated alkanes) is 4. The molecule has 0 aromatic heterocycles. The molecule has 0 aliphatic rings. The molecule has 0 rings (SSSR count). The minimum absolute atomic E-state index is 0.123. The van der Waals surface area contributed by atoms with Crippen molar-refractivity contribution in [2.45, 2.75) is 98.3 Å². The van der Waals surface area contributed by atoms with Crippen molar-refractivity contribution in [3.63, 3.8) is 0 Å². The number of hydrogen-bond acceptors (Lipinski definition) is 1. The fourth-order valence-corrected chi connectivity index (χ4v) is 3.40. The van der Waals surface area contributed by atoms with Crippen molar-refractivity contribution >= 4 is 5.97 Å². The van der Waals surface area contributed by atoms with Crippen LogP contribution in [0, 0.1) is 17.8 Å². The smallest absolute Gasteiger partial charge is 0.306 e. The Bertz CT molecular complexity index is 250. The van der Waals surface area contributed by atoms with Crippen LogP contribution in [0.3, 0.4) is 0 Å². The molecule has 126 valence electrons. The van der Waals surface area contributed by atoms with E-state index in [4.69, 9.17) is 0 Å². The van der Waals surface area contributed by atoms with Crippen molar-refractivity contribution in [2.75, 3.05) is 0 Å². The normalized spacial score (nSPS) is 15.6. The van der Waals surface area contributed by atoms with E-state index in [2.05, 4.69) is 27.7 Å². The van der Waals surface area contributed by atoms with Crippen LogP contribution < -0.4 is 0 Å². The Morgan fingerprint density at radius 1 is 0.857 bits per heavy atom. The lowest BCUT2D eigenvalue weighted by molar-refractivity contribution is -0.142. The first kappa shape index (κ1) is 20.5. The van der Waals surface area contributed by atoms with Crippen LogP contribution in [-0.4, -0.2) is 11.1 Å². The third kappa shape index (κ3) is 9.92. The molecule has 0 aliphatic heterocycles. The number of carbonyl (C=O) groups is 1. The molecule has 0 bridgehead atoms. The molecule has 0 aromatic rings. The maximum Gasteiger partial charge on any atom is 0.306 e. The number of aliphatic carboxylic acids is 1. The predicted molar refractivity (Wildman–Crippen MR) is 91.6 cm³/mol. The molecule has 21 heavy (non-hydrogen) atoms. The molecular weight excluding hydrogens is 260 g/mol. The second-order valence-electron chi connectivity index (χ2n) is 6.79. The minimum atomic E-state index is -0.574. The van der Waals surface area contributed by atoms with Gasteiger partial charge in [-0.05, 0) is 24.7 Å². The monoisotopic (exact) mass is 298 g/mol. The van der Waals surface area contributed by atoms with Gasteiger partial charge in [-0.25, -0.2) is 0 Å². The molecule has 0 heterocycles. The zero-order chi connectivity index (χ0) is 16.1. The van der Waals surface area contributed by atoms with Crippen molar-refractivity contribution in [3.8, 4) is 0 Å². The summed E-state index contributed by atoms with van der Waals surface area (Å²) in [6, 6.07) is 0. The molecule has 3 atom stereocenters. The Labute approximate surface area is 132 Å². The highest BCUT2D eigenvalue weighted by atomic mass is 16.4. The average molecular weight is 299 g/mol. The standard InChI is InChI=1S/C19H38O2/c1-5-8-9-10-11-14-18(19(20)21)15-17(13-7-3)16(4)12-6-2/h16-18H,5-15H2,1-4H3,(H,20,21). The molecular formula is C19H38O2. The van der Waals surface area contributed by atoms with E-state index in [0.29, 0.717) is 11.8 Å². The van der Waals surface area contributed by atoms with E-state index in [-0.39, 0.29) is 5.92 Å². The summed E-state index contributed by atoms with van der Waals surface area (Å²) in [6.45, 7) is 8.96. The zero-order valence-corrected chi connectivity index (χ0v) is 14.9. The topological polar surface area (TPSA) is 37.3 Å². The molecule has 0 amide bonds. The molecule has 0 saturated carbocycles. The lowest BCUT2D eigenvalue weighted by atomic mass is 9.79. The van der Waals surface area contributed by atoms with Crippen LogP contribution >= 0.6 is 0 Å². The van der Waals surface area contributed by atoms with Gasteiger partial charge >= 0.3 is 5.97 Å². The summed E-state index contributed by atoms with van der Waals surface area (Å²) in [5.74, 6) is 0.557. The number of rotatable bonds is 14. The number of hydrogen-bond donors (Lipinski definition) is 1. The zero-order valence-electron chi connectivity index (χ0n) is 14.9. The molecule has 0 aliphatic carbocycles. The van der Waals surface area contributed by atoms with Crippen molar-refractivity contribution in [2.24, 2.45) is 17.8 Å².